The van der Waals surface area contributed by atoms with E-state index in [0.717, 1.165) is 16.5 Å². The first-order valence-corrected chi connectivity index (χ1v) is 12.1. The number of amides is 1. The summed E-state index contributed by atoms with van der Waals surface area (Å²) in [6.07, 6.45) is 0. The molecule has 1 aromatic heterocycles. The van der Waals surface area contributed by atoms with Crippen molar-refractivity contribution in [3.8, 4) is 0 Å². The van der Waals surface area contributed by atoms with Gasteiger partial charge in [0.15, 0.2) is 0 Å². The Morgan fingerprint density at radius 1 is 0.939 bits per heavy atom. The number of sulfonamides is 1. The molecule has 0 aliphatic heterocycles. The van der Waals surface area contributed by atoms with Gasteiger partial charge in [-0.05, 0) is 36.4 Å². The Morgan fingerprint density at radius 2 is 1.61 bits per heavy atom. The van der Waals surface area contributed by atoms with E-state index in [1.807, 2.05) is 28.8 Å². The first-order chi connectivity index (χ1) is 15.9. The summed E-state index contributed by atoms with van der Waals surface area (Å²) < 4.78 is 41.8. The number of aromatic nitrogens is 1. The van der Waals surface area contributed by atoms with Crippen molar-refractivity contribution in [2.75, 3.05) is 7.05 Å². The molecule has 170 valence electrons. The third kappa shape index (κ3) is 5.30. The summed E-state index contributed by atoms with van der Waals surface area (Å²) in [7, 11) is -1.96. The molecule has 6 nitrogen and oxygen atoms in total. The highest BCUT2D eigenvalue weighted by Crippen LogP contribution is 2.22. The Kier molecular flexibility index (Phi) is 6.57. The number of rotatable bonds is 8. The van der Waals surface area contributed by atoms with Crippen LogP contribution in [-0.4, -0.2) is 25.9 Å². The van der Waals surface area contributed by atoms with Gasteiger partial charge >= 0.3 is 0 Å². The van der Waals surface area contributed by atoms with E-state index < -0.39 is 10.0 Å². The van der Waals surface area contributed by atoms with Crippen molar-refractivity contribution in [2.24, 2.45) is 0 Å². The zero-order valence-corrected chi connectivity index (χ0v) is 18.9. The fourth-order valence-electron chi connectivity index (χ4n) is 3.68. The third-order valence-corrected chi connectivity index (χ3v) is 6.81. The van der Waals surface area contributed by atoms with E-state index in [1.165, 1.54) is 13.1 Å². The Morgan fingerprint density at radius 3 is 2.33 bits per heavy atom. The number of nitrogens with one attached hydrogen (secondary N) is 2. The van der Waals surface area contributed by atoms with Crippen LogP contribution in [0.2, 0.25) is 0 Å². The molecule has 0 radical (unpaired) electrons. The van der Waals surface area contributed by atoms with Crippen LogP contribution in [0, 0.1) is 5.82 Å². The second kappa shape index (κ2) is 9.56. The summed E-state index contributed by atoms with van der Waals surface area (Å²) in [5.41, 5.74) is 3.28. The number of benzene rings is 3. The second-order valence-corrected chi connectivity index (χ2v) is 9.65. The minimum atomic E-state index is -3.34. The molecular formula is C25H24FN3O3S. The highest BCUT2D eigenvalue weighted by molar-refractivity contribution is 7.88. The number of halogens is 1. The van der Waals surface area contributed by atoms with E-state index >= 15 is 0 Å². The lowest BCUT2D eigenvalue weighted by Gasteiger charge is -2.12. The summed E-state index contributed by atoms with van der Waals surface area (Å²) in [4.78, 5) is 13.1. The summed E-state index contributed by atoms with van der Waals surface area (Å²) in [5, 5.41) is 3.81. The third-order valence-electron chi connectivity index (χ3n) is 5.47. The molecule has 0 spiro atoms. The zero-order valence-electron chi connectivity index (χ0n) is 18.1. The van der Waals surface area contributed by atoms with Gasteiger partial charge in [-0.15, -0.1) is 0 Å². The molecule has 33 heavy (non-hydrogen) atoms. The van der Waals surface area contributed by atoms with Crippen molar-refractivity contribution < 1.29 is 17.6 Å². The van der Waals surface area contributed by atoms with Crippen LogP contribution in [0.3, 0.4) is 0 Å². The maximum absolute atomic E-state index is 14.3. The van der Waals surface area contributed by atoms with E-state index in [4.69, 9.17) is 0 Å². The maximum Gasteiger partial charge on any atom is 0.268 e. The van der Waals surface area contributed by atoms with Crippen LogP contribution in [0.1, 0.15) is 27.2 Å². The lowest BCUT2D eigenvalue weighted by atomic mass is 10.1. The maximum atomic E-state index is 14.3. The van der Waals surface area contributed by atoms with Gasteiger partial charge in [-0.3, -0.25) is 4.79 Å². The van der Waals surface area contributed by atoms with Crippen LogP contribution < -0.4 is 10.0 Å². The summed E-state index contributed by atoms with van der Waals surface area (Å²) in [6, 6.07) is 23.0. The molecule has 2 N–H and O–H groups in total. The first-order valence-electron chi connectivity index (χ1n) is 10.5. The van der Waals surface area contributed by atoms with Gasteiger partial charge in [-0.25, -0.2) is 17.5 Å². The standard InChI is InChI=1S/C25H24FN3O3S/c1-27-33(31,32)17-19-12-10-18(11-13-19)15-28-25(30)24-14-20-6-3-5-9-23(20)29(24)16-21-7-2-4-8-22(21)26/h2-14,27H,15-17H2,1H3,(H,28,30). The Labute approximate surface area is 192 Å². The van der Waals surface area contributed by atoms with E-state index in [-0.39, 0.29) is 30.6 Å². The number of para-hydroxylation sites is 1. The van der Waals surface area contributed by atoms with Crippen LogP contribution in [-0.2, 0) is 28.9 Å². The molecular weight excluding hydrogens is 441 g/mol. The van der Waals surface area contributed by atoms with Crippen LogP contribution in [0.5, 0.6) is 0 Å². The quantitative estimate of drug-likeness (QED) is 0.415. The average molecular weight is 466 g/mol. The van der Waals surface area contributed by atoms with Gasteiger partial charge in [0.1, 0.15) is 11.5 Å². The molecule has 0 unspecified atom stereocenters. The lowest BCUT2D eigenvalue weighted by molar-refractivity contribution is 0.0942. The molecule has 1 heterocycles. The SMILES string of the molecule is CNS(=O)(=O)Cc1ccc(CNC(=O)c2cc3ccccc3n2Cc2ccccc2F)cc1. The zero-order chi connectivity index (χ0) is 23.4. The van der Waals surface area contributed by atoms with Crippen molar-refractivity contribution in [2.45, 2.75) is 18.8 Å². The van der Waals surface area contributed by atoms with Crippen molar-refractivity contribution in [1.29, 1.82) is 0 Å². The molecule has 0 fully saturated rings. The van der Waals surface area contributed by atoms with Gasteiger partial charge in [-0.2, -0.15) is 0 Å². The topological polar surface area (TPSA) is 80.2 Å². The molecule has 3 aromatic carbocycles. The highest BCUT2D eigenvalue weighted by Gasteiger charge is 2.17. The molecule has 0 aliphatic carbocycles. The Bertz CT molecular complexity index is 1400. The number of hydrogen-bond donors (Lipinski definition) is 2. The van der Waals surface area contributed by atoms with Gasteiger partial charge in [0.2, 0.25) is 10.0 Å². The highest BCUT2D eigenvalue weighted by atomic mass is 32.2. The molecule has 0 bridgehead atoms. The van der Waals surface area contributed by atoms with Crippen molar-refractivity contribution in [1.82, 2.24) is 14.6 Å². The van der Waals surface area contributed by atoms with Crippen molar-refractivity contribution >= 4 is 26.8 Å². The lowest BCUT2D eigenvalue weighted by Crippen LogP contribution is -2.25. The van der Waals surface area contributed by atoms with Gasteiger partial charge in [0.25, 0.3) is 5.91 Å². The summed E-state index contributed by atoms with van der Waals surface area (Å²) in [5.74, 6) is -0.696. The van der Waals surface area contributed by atoms with Crippen LogP contribution in [0.25, 0.3) is 10.9 Å². The predicted molar refractivity (Wildman–Crippen MR) is 127 cm³/mol. The molecule has 4 rings (SSSR count). The molecule has 1 amide bonds. The molecule has 0 atom stereocenters. The van der Waals surface area contributed by atoms with E-state index in [1.54, 1.807) is 48.5 Å². The minimum Gasteiger partial charge on any atom is -0.347 e. The van der Waals surface area contributed by atoms with E-state index in [9.17, 15) is 17.6 Å². The molecule has 8 heteroatoms. The van der Waals surface area contributed by atoms with Crippen LogP contribution in [0.4, 0.5) is 4.39 Å². The molecule has 0 aliphatic rings. The predicted octanol–water partition coefficient (Wildman–Crippen LogP) is 3.81. The number of fused-ring (bicyclic) bond motifs is 1. The van der Waals surface area contributed by atoms with Gasteiger partial charge in [0, 0.05) is 23.0 Å². The Balaban J connectivity index is 1.53. The van der Waals surface area contributed by atoms with Crippen LogP contribution in [0.15, 0.2) is 78.9 Å². The smallest absolute Gasteiger partial charge is 0.268 e. The molecule has 4 aromatic rings. The fraction of sp³-hybridized carbons (Fsp3) is 0.160. The Hall–Kier alpha value is -3.49. The number of carbonyl (C=O) groups is 1. The number of nitrogens with zero attached hydrogens (tertiary/aromatic N) is 1. The first kappa shape index (κ1) is 22.7. The second-order valence-electron chi connectivity index (χ2n) is 7.73. The number of hydrogen-bond acceptors (Lipinski definition) is 3. The largest absolute Gasteiger partial charge is 0.347 e. The van der Waals surface area contributed by atoms with Crippen LogP contribution >= 0.6 is 0 Å². The monoisotopic (exact) mass is 465 g/mol. The average Bonchev–Trinajstić information content (AvgIpc) is 3.18. The number of carbonyl (C=O) groups excluding carboxylic acids is 1. The van der Waals surface area contributed by atoms with E-state index in [2.05, 4.69) is 10.0 Å². The fourth-order valence-corrected chi connectivity index (χ4v) is 4.46. The summed E-state index contributed by atoms with van der Waals surface area (Å²) >= 11 is 0. The summed E-state index contributed by atoms with van der Waals surface area (Å²) in [6.45, 7) is 0.511. The van der Waals surface area contributed by atoms with Gasteiger partial charge in [-0.1, -0.05) is 60.7 Å². The van der Waals surface area contributed by atoms with Gasteiger partial charge < -0.3 is 9.88 Å². The van der Waals surface area contributed by atoms with Gasteiger partial charge in [0.05, 0.1) is 12.3 Å². The molecule has 0 saturated carbocycles. The normalized spacial score (nSPS) is 11.6. The molecule has 0 saturated heterocycles. The van der Waals surface area contributed by atoms with Crippen molar-refractivity contribution in [3.63, 3.8) is 0 Å². The van der Waals surface area contributed by atoms with E-state index in [0.29, 0.717) is 16.8 Å². The minimum absolute atomic E-state index is 0.105. The van der Waals surface area contributed by atoms with Crippen molar-refractivity contribution in [3.05, 3.63) is 107 Å².